The summed E-state index contributed by atoms with van der Waals surface area (Å²) >= 11 is 1.62. The molecule has 0 aliphatic carbocycles. The van der Waals surface area contributed by atoms with Gasteiger partial charge in [-0.3, -0.25) is 4.79 Å². The number of hydrogen-bond acceptors (Lipinski definition) is 3. The van der Waals surface area contributed by atoms with Gasteiger partial charge in [-0.1, -0.05) is 36.4 Å². The summed E-state index contributed by atoms with van der Waals surface area (Å²) in [4.78, 5) is 15.8. The van der Waals surface area contributed by atoms with Crippen molar-refractivity contribution in [1.29, 1.82) is 0 Å². The van der Waals surface area contributed by atoms with E-state index in [0.717, 1.165) is 42.0 Å². The molecule has 0 unspecified atom stereocenters. The summed E-state index contributed by atoms with van der Waals surface area (Å²) in [6.07, 6.45) is 4.05. The highest BCUT2D eigenvalue weighted by molar-refractivity contribution is 7.98. The smallest absolute Gasteiger partial charge is 0.254 e. The molecule has 0 saturated carbocycles. The average molecular weight is 341 g/mol. The predicted molar refractivity (Wildman–Crippen MR) is 98.3 cm³/mol. The van der Waals surface area contributed by atoms with E-state index < -0.39 is 0 Å². The van der Waals surface area contributed by atoms with Gasteiger partial charge in [-0.05, 0) is 48.3 Å². The van der Waals surface area contributed by atoms with E-state index >= 15 is 0 Å². The van der Waals surface area contributed by atoms with E-state index in [2.05, 4.69) is 12.1 Å². The Labute approximate surface area is 147 Å². The topological polar surface area (TPSA) is 40.5 Å². The zero-order chi connectivity index (χ0) is 16.9. The number of amides is 1. The van der Waals surface area contributed by atoms with Gasteiger partial charge in [0.05, 0.1) is 12.2 Å². The Hall–Kier alpha value is -1.78. The summed E-state index contributed by atoms with van der Waals surface area (Å²) in [5.74, 6) is 0.661. The maximum atomic E-state index is 12.8. The van der Waals surface area contributed by atoms with Gasteiger partial charge in [0, 0.05) is 18.0 Å². The molecule has 2 aromatic carbocycles. The Balaban J connectivity index is 1.63. The van der Waals surface area contributed by atoms with Crippen LogP contribution in [0.5, 0.6) is 0 Å². The van der Waals surface area contributed by atoms with E-state index in [9.17, 15) is 4.79 Å². The summed E-state index contributed by atoms with van der Waals surface area (Å²) in [7, 11) is 0. The number of nitrogens with zero attached hydrogens (tertiary/aromatic N) is 1. The quantitative estimate of drug-likeness (QED) is 0.845. The Morgan fingerprint density at radius 1 is 1.17 bits per heavy atom. The fraction of sp³-hybridized carbons (Fsp3) is 0.350. The van der Waals surface area contributed by atoms with Crippen molar-refractivity contribution in [3.63, 3.8) is 0 Å². The van der Waals surface area contributed by atoms with Gasteiger partial charge in [-0.2, -0.15) is 0 Å². The number of carbonyl (C=O) groups excluding carboxylic acids is 1. The molecule has 0 bridgehead atoms. The number of thioether (sulfide) groups is 1. The van der Waals surface area contributed by atoms with Gasteiger partial charge in [-0.15, -0.1) is 11.8 Å². The van der Waals surface area contributed by atoms with Crippen molar-refractivity contribution in [2.45, 2.75) is 24.3 Å². The van der Waals surface area contributed by atoms with Crippen LogP contribution in [0, 0.1) is 5.92 Å². The number of rotatable bonds is 5. The summed E-state index contributed by atoms with van der Waals surface area (Å²) in [6.45, 7) is 1.74. The lowest BCUT2D eigenvalue weighted by Crippen LogP contribution is -2.29. The molecule has 126 valence electrons. The minimum absolute atomic E-state index is 0.0842. The van der Waals surface area contributed by atoms with Crippen LogP contribution >= 0.6 is 11.8 Å². The van der Waals surface area contributed by atoms with E-state index in [0.29, 0.717) is 5.92 Å². The highest BCUT2D eigenvalue weighted by Gasteiger charge is 2.27. The molecule has 0 spiro atoms. The van der Waals surface area contributed by atoms with Gasteiger partial charge in [0.2, 0.25) is 0 Å². The lowest BCUT2D eigenvalue weighted by Gasteiger charge is -2.18. The molecule has 4 heteroatoms. The third kappa shape index (κ3) is 3.82. The lowest BCUT2D eigenvalue weighted by atomic mass is 9.98. The van der Waals surface area contributed by atoms with Crippen LogP contribution < -0.4 is 0 Å². The third-order valence-corrected chi connectivity index (χ3v) is 5.44. The van der Waals surface area contributed by atoms with Crippen LogP contribution in [0.3, 0.4) is 0 Å². The van der Waals surface area contributed by atoms with Gasteiger partial charge in [-0.25, -0.2) is 0 Å². The largest absolute Gasteiger partial charge is 0.392 e. The molecule has 1 saturated heterocycles. The fourth-order valence-electron chi connectivity index (χ4n) is 3.29. The van der Waals surface area contributed by atoms with Gasteiger partial charge in [0.1, 0.15) is 0 Å². The van der Waals surface area contributed by atoms with Gasteiger partial charge >= 0.3 is 0 Å². The summed E-state index contributed by atoms with van der Waals surface area (Å²) < 4.78 is 0. The van der Waals surface area contributed by atoms with Crippen molar-refractivity contribution in [2.24, 2.45) is 5.92 Å². The van der Waals surface area contributed by atoms with Crippen molar-refractivity contribution in [3.05, 3.63) is 65.2 Å². The highest BCUT2D eigenvalue weighted by Crippen LogP contribution is 2.26. The number of benzene rings is 2. The Bertz CT molecular complexity index is 699. The first-order chi connectivity index (χ1) is 11.7. The number of hydrogen-bond donors (Lipinski definition) is 1. The first kappa shape index (κ1) is 17.1. The zero-order valence-electron chi connectivity index (χ0n) is 13.9. The summed E-state index contributed by atoms with van der Waals surface area (Å²) in [6, 6.07) is 16.0. The van der Waals surface area contributed by atoms with Crippen LogP contribution in [0.15, 0.2) is 53.4 Å². The molecule has 1 amide bonds. The maximum Gasteiger partial charge on any atom is 0.254 e. The zero-order valence-corrected chi connectivity index (χ0v) is 14.8. The highest BCUT2D eigenvalue weighted by atomic mass is 32.2. The van der Waals surface area contributed by atoms with Gasteiger partial charge in [0.15, 0.2) is 0 Å². The minimum Gasteiger partial charge on any atom is -0.392 e. The SMILES string of the molecule is CSc1ccccc1C(=O)N1CC[C@@H](Cc2ccc(CO)cc2)C1. The number of carbonyl (C=O) groups is 1. The van der Waals surface area contributed by atoms with Crippen molar-refractivity contribution < 1.29 is 9.90 Å². The van der Waals surface area contributed by atoms with Crippen LogP contribution in [0.2, 0.25) is 0 Å². The molecule has 0 radical (unpaired) electrons. The van der Waals surface area contributed by atoms with Gasteiger partial charge in [0.25, 0.3) is 5.91 Å². The molecule has 24 heavy (non-hydrogen) atoms. The van der Waals surface area contributed by atoms with E-state index in [1.807, 2.05) is 47.6 Å². The molecule has 1 N–H and O–H groups in total. The van der Waals surface area contributed by atoms with Crippen molar-refractivity contribution in [2.75, 3.05) is 19.3 Å². The second-order valence-corrected chi connectivity index (χ2v) is 7.13. The first-order valence-corrected chi connectivity index (χ1v) is 9.54. The normalized spacial score (nSPS) is 17.2. The van der Waals surface area contributed by atoms with E-state index in [1.54, 1.807) is 11.8 Å². The Morgan fingerprint density at radius 2 is 1.88 bits per heavy atom. The molecule has 0 aromatic heterocycles. The van der Waals surface area contributed by atoms with Gasteiger partial charge < -0.3 is 10.0 Å². The van der Waals surface area contributed by atoms with Crippen LogP contribution in [0.1, 0.15) is 27.9 Å². The fourth-order valence-corrected chi connectivity index (χ4v) is 3.88. The predicted octanol–water partition coefficient (Wildman–Crippen LogP) is 3.61. The third-order valence-electron chi connectivity index (χ3n) is 4.64. The molecule has 1 atom stereocenters. The van der Waals surface area contributed by atoms with Crippen LogP contribution in [-0.2, 0) is 13.0 Å². The second-order valence-electron chi connectivity index (χ2n) is 6.28. The maximum absolute atomic E-state index is 12.8. The van der Waals surface area contributed by atoms with Crippen LogP contribution in [-0.4, -0.2) is 35.3 Å². The minimum atomic E-state index is 0.0842. The molecule has 3 rings (SSSR count). The molecular weight excluding hydrogens is 318 g/mol. The molecule has 1 heterocycles. The molecule has 2 aromatic rings. The Kier molecular flexibility index (Phi) is 5.59. The molecular formula is C20H23NO2S. The van der Waals surface area contributed by atoms with Crippen molar-refractivity contribution >= 4 is 17.7 Å². The number of likely N-dealkylation sites (tertiary alicyclic amines) is 1. The number of aliphatic hydroxyl groups is 1. The van der Waals surface area contributed by atoms with Crippen molar-refractivity contribution in [1.82, 2.24) is 4.90 Å². The average Bonchev–Trinajstić information content (AvgIpc) is 3.10. The standard InChI is InChI=1S/C20H23NO2S/c1-24-19-5-3-2-4-18(19)20(23)21-11-10-17(13-21)12-15-6-8-16(14-22)9-7-15/h2-9,17,22H,10-14H2,1H3/t17-/m0/s1. The van der Waals surface area contributed by atoms with E-state index in [-0.39, 0.29) is 12.5 Å². The molecule has 3 nitrogen and oxygen atoms in total. The first-order valence-electron chi connectivity index (χ1n) is 8.32. The molecule has 1 aliphatic rings. The summed E-state index contributed by atoms with van der Waals surface area (Å²) in [5.41, 5.74) is 3.03. The summed E-state index contributed by atoms with van der Waals surface area (Å²) in [5, 5.41) is 9.11. The van der Waals surface area contributed by atoms with Crippen LogP contribution in [0.4, 0.5) is 0 Å². The lowest BCUT2D eigenvalue weighted by molar-refractivity contribution is 0.0783. The monoisotopic (exact) mass is 341 g/mol. The second kappa shape index (κ2) is 7.86. The number of aliphatic hydroxyl groups excluding tert-OH is 1. The van der Waals surface area contributed by atoms with E-state index in [4.69, 9.17) is 5.11 Å². The molecule has 1 aliphatic heterocycles. The Morgan fingerprint density at radius 3 is 2.58 bits per heavy atom. The van der Waals surface area contributed by atoms with E-state index in [1.165, 1.54) is 5.56 Å². The molecule has 1 fully saturated rings. The van der Waals surface area contributed by atoms with Crippen molar-refractivity contribution in [3.8, 4) is 0 Å². The van der Waals surface area contributed by atoms with Crippen LogP contribution in [0.25, 0.3) is 0 Å².